The molecule has 1 aliphatic rings. The van der Waals surface area contributed by atoms with E-state index in [9.17, 15) is 4.79 Å². The maximum absolute atomic E-state index is 12.2. The van der Waals surface area contributed by atoms with Gasteiger partial charge in [0.05, 0.1) is 6.54 Å². The van der Waals surface area contributed by atoms with E-state index in [0.29, 0.717) is 26.3 Å². The van der Waals surface area contributed by atoms with Gasteiger partial charge >= 0.3 is 0 Å². The third-order valence-corrected chi connectivity index (χ3v) is 4.09. The summed E-state index contributed by atoms with van der Waals surface area (Å²) in [7, 11) is 1.93. The van der Waals surface area contributed by atoms with Crippen molar-refractivity contribution in [2.75, 3.05) is 32.1 Å². The van der Waals surface area contributed by atoms with E-state index in [-0.39, 0.29) is 5.91 Å². The van der Waals surface area contributed by atoms with Crippen LogP contribution >= 0.6 is 0 Å². The van der Waals surface area contributed by atoms with Crippen molar-refractivity contribution >= 4 is 11.6 Å². The lowest BCUT2D eigenvalue weighted by Gasteiger charge is -2.21. The molecule has 25 heavy (non-hydrogen) atoms. The van der Waals surface area contributed by atoms with E-state index in [0.717, 1.165) is 29.2 Å². The highest BCUT2D eigenvalue weighted by Gasteiger charge is 2.13. The third-order valence-electron chi connectivity index (χ3n) is 4.09. The van der Waals surface area contributed by atoms with E-state index >= 15 is 0 Å². The third kappa shape index (κ3) is 4.73. The molecule has 0 saturated heterocycles. The molecule has 0 saturated carbocycles. The summed E-state index contributed by atoms with van der Waals surface area (Å²) >= 11 is 0. The summed E-state index contributed by atoms with van der Waals surface area (Å²) in [5.41, 5.74) is 3.15. The average Bonchev–Trinajstić information content (AvgIpc) is 2.61. The lowest BCUT2D eigenvalue weighted by atomic mass is 10.1. The summed E-state index contributed by atoms with van der Waals surface area (Å²) in [4.78, 5) is 14.2. The predicted molar refractivity (Wildman–Crippen MR) is 98.2 cm³/mol. The number of nitrogens with zero attached hydrogens (tertiary/aromatic N) is 1. The minimum absolute atomic E-state index is 0.0201. The standard InChI is InChI=1S/C20H24N2O3/c1-3-15-5-4-6-17(11-15)21-20(23)14-22(2)13-16-7-8-18-19(12-16)25-10-9-24-18/h4-8,11-12H,3,9-10,13-14H2,1-2H3,(H,21,23). The Bertz CT molecular complexity index is 745. The number of hydrogen-bond acceptors (Lipinski definition) is 4. The van der Waals surface area contributed by atoms with Crippen LogP contribution in [-0.4, -0.2) is 37.6 Å². The molecule has 1 N–H and O–H groups in total. The minimum Gasteiger partial charge on any atom is -0.486 e. The molecule has 1 aliphatic heterocycles. The van der Waals surface area contributed by atoms with Crippen molar-refractivity contribution in [3.63, 3.8) is 0 Å². The Morgan fingerprint density at radius 3 is 2.68 bits per heavy atom. The second-order valence-electron chi connectivity index (χ2n) is 6.25. The Balaban J connectivity index is 1.54. The van der Waals surface area contributed by atoms with Gasteiger partial charge in [-0.1, -0.05) is 25.1 Å². The van der Waals surface area contributed by atoms with Crippen LogP contribution in [0.4, 0.5) is 5.69 Å². The summed E-state index contributed by atoms with van der Waals surface area (Å²) in [6.07, 6.45) is 0.952. The molecule has 0 unspecified atom stereocenters. The van der Waals surface area contributed by atoms with E-state index in [2.05, 4.69) is 18.3 Å². The van der Waals surface area contributed by atoms with Gasteiger partial charge in [-0.3, -0.25) is 9.69 Å². The van der Waals surface area contributed by atoms with Gasteiger partial charge in [0.25, 0.3) is 0 Å². The first-order chi connectivity index (χ1) is 12.1. The lowest BCUT2D eigenvalue weighted by Crippen LogP contribution is -2.29. The number of fused-ring (bicyclic) bond motifs is 1. The molecule has 5 nitrogen and oxygen atoms in total. The molecule has 2 aromatic carbocycles. The molecule has 0 radical (unpaired) electrons. The summed E-state index contributed by atoms with van der Waals surface area (Å²) in [6, 6.07) is 13.9. The van der Waals surface area contributed by atoms with Gasteiger partial charge in [-0.05, 0) is 48.9 Å². The molecule has 132 valence electrons. The largest absolute Gasteiger partial charge is 0.486 e. The molecule has 1 heterocycles. The highest BCUT2D eigenvalue weighted by Crippen LogP contribution is 2.31. The van der Waals surface area contributed by atoms with E-state index in [4.69, 9.17) is 9.47 Å². The molecular weight excluding hydrogens is 316 g/mol. The maximum atomic E-state index is 12.2. The molecule has 3 rings (SSSR count). The zero-order valence-electron chi connectivity index (χ0n) is 14.7. The van der Waals surface area contributed by atoms with Crippen molar-refractivity contribution in [3.05, 3.63) is 53.6 Å². The van der Waals surface area contributed by atoms with Crippen LogP contribution < -0.4 is 14.8 Å². The van der Waals surface area contributed by atoms with E-state index < -0.39 is 0 Å². The molecule has 0 atom stereocenters. The number of aryl methyl sites for hydroxylation is 1. The highest BCUT2D eigenvalue weighted by atomic mass is 16.6. The minimum atomic E-state index is -0.0201. The van der Waals surface area contributed by atoms with Gasteiger partial charge in [-0.25, -0.2) is 0 Å². The first kappa shape index (κ1) is 17.3. The fraction of sp³-hybridized carbons (Fsp3) is 0.350. The van der Waals surface area contributed by atoms with Gasteiger partial charge in [0.1, 0.15) is 13.2 Å². The Morgan fingerprint density at radius 2 is 1.88 bits per heavy atom. The number of anilines is 1. The van der Waals surface area contributed by atoms with Crippen molar-refractivity contribution in [1.82, 2.24) is 4.90 Å². The van der Waals surface area contributed by atoms with Crippen LogP contribution in [-0.2, 0) is 17.8 Å². The molecule has 0 fully saturated rings. The number of benzene rings is 2. The first-order valence-corrected chi connectivity index (χ1v) is 8.60. The number of carbonyl (C=O) groups excluding carboxylic acids is 1. The van der Waals surface area contributed by atoms with Crippen LogP contribution in [0.25, 0.3) is 0 Å². The summed E-state index contributed by atoms with van der Waals surface area (Å²) in [5.74, 6) is 1.54. The van der Waals surface area contributed by atoms with Crippen LogP contribution in [0.1, 0.15) is 18.1 Å². The Kier molecular flexibility index (Phi) is 5.56. The zero-order chi connectivity index (χ0) is 17.6. The van der Waals surface area contributed by atoms with Crippen LogP contribution in [0, 0.1) is 0 Å². The number of nitrogens with one attached hydrogen (secondary N) is 1. The zero-order valence-corrected chi connectivity index (χ0v) is 14.7. The molecule has 1 amide bonds. The van der Waals surface area contributed by atoms with Crippen molar-refractivity contribution in [2.24, 2.45) is 0 Å². The van der Waals surface area contributed by atoms with Crippen LogP contribution in [0.2, 0.25) is 0 Å². The Labute approximate surface area is 148 Å². The summed E-state index contributed by atoms with van der Waals surface area (Å²) < 4.78 is 11.1. The van der Waals surface area contributed by atoms with Crippen LogP contribution in [0.3, 0.4) is 0 Å². The molecular formula is C20H24N2O3. The molecule has 0 spiro atoms. The lowest BCUT2D eigenvalue weighted by molar-refractivity contribution is -0.117. The highest BCUT2D eigenvalue weighted by molar-refractivity contribution is 5.92. The number of ether oxygens (including phenoxy) is 2. The second-order valence-corrected chi connectivity index (χ2v) is 6.25. The van der Waals surface area contributed by atoms with E-state index in [1.807, 2.05) is 48.3 Å². The van der Waals surface area contributed by atoms with Gasteiger partial charge < -0.3 is 14.8 Å². The van der Waals surface area contributed by atoms with Gasteiger partial charge in [-0.2, -0.15) is 0 Å². The molecule has 0 aliphatic carbocycles. The van der Waals surface area contributed by atoms with Crippen molar-refractivity contribution in [2.45, 2.75) is 19.9 Å². The van der Waals surface area contributed by atoms with Gasteiger partial charge in [0.15, 0.2) is 11.5 Å². The second kappa shape index (κ2) is 8.03. The fourth-order valence-corrected chi connectivity index (χ4v) is 2.87. The summed E-state index contributed by atoms with van der Waals surface area (Å²) in [5, 5.41) is 2.96. The molecule has 2 aromatic rings. The van der Waals surface area contributed by atoms with Crippen LogP contribution in [0.15, 0.2) is 42.5 Å². The number of carbonyl (C=O) groups is 1. The Morgan fingerprint density at radius 1 is 1.08 bits per heavy atom. The average molecular weight is 340 g/mol. The topological polar surface area (TPSA) is 50.8 Å². The number of likely N-dealkylation sites (N-methyl/N-ethyl adjacent to an activating group) is 1. The Hall–Kier alpha value is -2.53. The smallest absolute Gasteiger partial charge is 0.238 e. The van der Waals surface area contributed by atoms with Gasteiger partial charge in [0, 0.05) is 12.2 Å². The van der Waals surface area contributed by atoms with Crippen LogP contribution in [0.5, 0.6) is 11.5 Å². The quantitative estimate of drug-likeness (QED) is 0.878. The van der Waals surface area contributed by atoms with Crippen molar-refractivity contribution < 1.29 is 14.3 Å². The summed E-state index contributed by atoms with van der Waals surface area (Å²) in [6.45, 7) is 4.25. The number of rotatable bonds is 6. The van der Waals surface area contributed by atoms with E-state index in [1.54, 1.807) is 0 Å². The SMILES string of the molecule is CCc1cccc(NC(=O)CN(C)Cc2ccc3c(c2)OCCO3)c1. The number of amides is 1. The molecule has 0 bridgehead atoms. The van der Waals surface area contributed by atoms with Crippen molar-refractivity contribution in [3.8, 4) is 11.5 Å². The first-order valence-electron chi connectivity index (χ1n) is 8.60. The van der Waals surface area contributed by atoms with E-state index in [1.165, 1.54) is 5.56 Å². The maximum Gasteiger partial charge on any atom is 0.238 e. The fourth-order valence-electron chi connectivity index (χ4n) is 2.87. The molecule has 5 heteroatoms. The molecule has 0 aromatic heterocycles. The van der Waals surface area contributed by atoms with Gasteiger partial charge in [0.2, 0.25) is 5.91 Å². The monoisotopic (exact) mass is 340 g/mol. The van der Waals surface area contributed by atoms with Crippen molar-refractivity contribution in [1.29, 1.82) is 0 Å². The normalized spacial score (nSPS) is 12.9. The number of hydrogen-bond donors (Lipinski definition) is 1. The predicted octanol–water partition coefficient (Wildman–Crippen LogP) is 3.09. The van der Waals surface area contributed by atoms with Gasteiger partial charge in [-0.15, -0.1) is 0 Å².